The van der Waals surface area contributed by atoms with Crippen molar-refractivity contribution < 1.29 is 9.13 Å². The van der Waals surface area contributed by atoms with E-state index in [1.807, 2.05) is 13.1 Å². The van der Waals surface area contributed by atoms with Gasteiger partial charge in [-0.3, -0.25) is 0 Å². The number of halogens is 3. The number of benzene rings is 2. The van der Waals surface area contributed by atoms with E-state index in [0.717, 1.165) is 5.56 Å². The van der Waals surface area contributed by atoms with Crippen molar-refractivity contribution in [3.05, 3.63) is 63.4 Å². The summed E-state index contributed by atoms with van der Waals surface area (Å²) in [5.41, 5.74) is 1.55. The fourth-order valence-corrected chi connectivity index (χ4v) is 2.21. The van der Waals surface area contributed by atoms with Gasteiger partial charge in [-0.25, -0.2) is 4.39 Å². The summed E-state index contributed by atoms with van der Waals surface area (Å²) in [7, 11) is 1.84. The molecular weight excluding hydrogens is 300 g/mol. The van der Waals surface area contributed by atoms with Gasteiger partial charge in [0.25, 0.3) is 0 Å². The van der Waals surface area contributed by atoms with Crippen molar-refractivity contribution in [2.24, 2.45) is 0 Å². The number of hydrogen-bond acceptors (Lipinski definition) is 2. The van der Waals surface area contributed by atoms with Gasteiger partial charge in [0, 0.05) is 22.7 Å². The average Bonchev–Trinajstić information content (AvgIpc) is 2.42. The van der Waals surface area contributed by atoms with Gasteiger partial charge in [-0.15, -0.1) is 0 Å². The van der Waals surface area contributed by atoms with Gasteiger partial charge in [-0.05, 0) is 31.3 Å². The first-order chi connectivity index (χ1) is 9.61. The standard InChI is InChI=1S/C15H14Cl2FNO/c1-19-8-11-7-12(16)5-6-14(11)20-9-10-3-2-4-13(18)15(10)17/h2-7,19H,8-9H2,1H3. The van der Waals surface area contributed by atoms with Gasteiger partial charge in [-0.2, -0.15) is 0 Å². The highest BCUT2D eigenvalue weighted by Crippen LogP contribution is 2.26. The zero-order chi connectivity index (χ0) is 14.5. The molecule has 106 valence electrons. The summed E-state index contributed by atoms with van der Waals surface area (Å²) in [6.07, 6.45) is 0. The smallest absolute Gasteiger partial charge is 0.142 e. The molecule has 2 nitrogen and oxygen atoms in total. The Morgan fingerprint density at radius 3 is 2.70 bits per heavy atom. The van der Waals surface area contributed by atoms with Crippen LogP contribution in [0.2, 0.25) is 10.0 Å². The summed E-state index contributed by atoms with van der Waals surface area (Å²) in [5.74, 6) is 0.253. The van der Waals surface area contributed by atoms with Crippen molar-refractivity contribution in [2.45, 2.75) is 13.2 Å². The van der Waals surface area contributed by atoms with Crippen molar-refractivity contribution in [1.29, 1.82) is 0 Å². The van der Waals surface area contributed by atoms with Crippen LogP contribution >= 0.6 is 23.2 Å². The van der Waals surface area contributed by atoms with E-state index in [2.05, 4.69) is 5.32 Å². The molecule has 2 aromatic rings. The summed E-state index contributed by atoms with van der Waals surface area (Å²) >= 11 is 11.9. The summed E-state index contributed by atoms with van der Waals surface area (Å²) in [4.78, 5) is 0. The maximum atomic E-state index is 13.3. The van der Waals surface area contributed by atoms with Crippen molar-refractivity contribution in [3.8, 4) is 5.75 Å². The summed E-state index contributed by atoms with van der Waals surface area (Å²) in [6.45, 7) is 0.835. The summed E-state index contributed by atoms with van der Waals surface area (Å²) in [5, 5.41) is 3.78. The fraction of sp³-hybridized carbons (Fsp3) is 0.200. The highest BCUT2D eigenvalue weighted by atomic mass is 35.5. The molecule has 0 aliphatic rings. The maximum Gasteiger partial charge on any atom is 0.142 e. The van der Waals surface area contributed by atoms with Gasteiger partial charge in [-0.1, -0.05) is 35.3 Å². The highest BCUT2D eigenvalue weighted by Gasteiger charge is 2.08. The van der Waals surface area contributed by atoms with E-state index >= 15 is 0 Å². The molecular formula is C15H14Cl2FNO. The zero-order valence-electron chi connectivity index (χ0n) is 10.9. The lowest BCUT2D eigenvalue weighted by Crippen LogP contribution is -2.08. The molecule has 0 unspecified atom stereocenters. The van der Waals surface area contributed by atoms with Crippen LogP contribution in [-0.2, 0) is 13.2 Å². The Morgan fingerprint density at radius 2 is 1.95 bits per heavy atom. The van der Waals surface area contributed by atoms with Crippen LogP contribution in [0.15, 0.2) is 36.4 Å². The molecule has 0 amide bonds. The van der Waals surface area contributed by atoms with E-state index in [1.54, 1.807) is 24.3 Å². The highest BCUT2D eigenvalue weighted by molar-refractivity contribution is 6.31. The fourth-order valence-electron chi connectivity index (χ4n) is 1.83. The lowest BCUT2D eigenvalue weighted by Gasteiger charge is -2.12. The molecule has 5 heteroatoms. The normalized spacial score (nSPS) is 10.6. The first-order valence-electron chi connectivity index (χ1n) is 6.10. The molecule has 0 saturated heterocycles. The number of ether oxygens (including phenoxy) is 1. The van der Waals surface area contributed by atoms with E-state index in [9.17, 15) is 4.39 Å². The van der Waals surface area contributed by atoms with Crippen molar-refractivity contribution in [1.82, 2.24) is 5.32 Å². The molecule has 0 heterocycles. The molecule has 0 spiro atoms. The molecule has 0 fully saturated rings. The van der Waals surface area contributed by atoms with Gasteiger partial charge >= 0.3 is 0 Å². The average molecular weight is 314 g/mol. The van der Waals surface area contributed by atoms with E-state index in [1.165, 1.54) is 6.07 Å². The molecule has 0 aromatic heterocycles. The van der Waals surface area contributed by atoms with Crippen LogP contribution in [0.25, 0.3) is 0 Å². The summed E-state index contributed by atoms with van der Waals surface area (Å²) in [6, 6.07) is 10.0. The topological polar surface area (TPSA) is 21.3 Å². The van der Waals surface area contributed by atoms with E-state index in [0.29, 0.717) is 22.9 Å². The van der Waals surface area contributed by atoms with Crippen LogP contribution in [0.1, 0.15) is 11.1 Å². The zero-order valence-corrected chi connectivity index (χ0v) is 12.4. The lowest BCUT2D eigenvalue weighted by molar-refractivity contribution is 0.302. The second-order valence-corrected chi connectivity index (χ2v) is 5.10. The Bertz CT molecular complexity index is 604. The molecule has 0 atom stereocenters. The quantitative estimate of drug-likeness (QED) is 0.881. The van der Waals surface area contributed by atoms with Crippen LogP contribution in [0.4, 0.5) is 4.39 Å². The predicted molar refractivity (Wildman–Crippen MR) is 80.0 cm³/mol. The second-order valence-electron chi connectivity index (χ2n) is 4.28. The molecule has 0 aliphatic heterocycles. The number of nitrogens with one attached hydrogen (secondary N) is 1. The predicted octanol–water partition coefficient (Wildman–Crippen LogP) is 4.43. The Balaban J connectivity index is 2.16. The van der Waals surface area contributed by atoms with Gasteiger partial charge in [0.05, 0.1) is 5.02 Å². The monoisotopic (exact) mass is 313 g/mol. The van der Waals surface area contributed by atoms with Crippen LogP contribution in [-0.4, -0.2) is 7.05 Å². The largest absolute Gasteiger partial charge is 0.489 e. The Kier molecular flexibility index (Phi) is 5.24. The SMILES string of the molecule is CNCc1cc(Cl)ccc1OCc1cccc(F)c1Cl. The molecule has 0 bridgehead atoms. The third-order valence-corrected chi connectivity index (χ3v) is 3.46. The minimum absolute atomic E-state index is 0.0941. The van der Waals surface area contributed by atoms with Crippen molar-refractivity contribution in [2.75, 3.05) is 7.05 Å². The lowest BCUT2D eigenvalue weighted by atomic mass is 10.2. The third kappa shape index (κ3) is 3.63. The van der Waals surface area contributed by atoms with E-state index in [4.69, 9.17) is 27.9 Å². The Hall–Kier alpha value is -1.29. The summed E-state index contributed by atoms with van der Waals surface area (Å²) < 4.78 is 19.1. The molecule has 0 saturated carbocycles. The minimum Gasteiger partial charge on any atom is -0.489 e. The molecule has 2 rings (SSSR count). The molecule has 0 radical (unpaired) electrons. The Morgan fingerprint density at radius 1 is 1.15 bits per heavy atom. The van der Waals surface area contributed by atoms with Gasteiger partial charge in [0.2, 0.25) is 0 Å². The van der Waals surface area contributed by atoms with Crippen LogP contribution < -0.4 is 10.1 Å². The van der Waals surface area contributed by atoms with Crippen molar-refractivity contribution in [3.63, 3.8) is 0 Å². The van der Waals surface area contributed by atoms with Gasteiger partial charge in [0.1, 0.15) is 18.2 Å². The molecule has 0 aliphatic carbocycles. The van der Waals surface area contributed by atoms with E-state index in [-0.39, 0.29) is 11.6 Å². The number of hydrogen-bond donors (Lipinski definition) is 1. The van der Waals surface area contributed by atoms with Crippen LogP contribution in [0.3, 0.4) is 0 Å². The first-order valence-corrected chi connectivity index (χ1v) is 6.86. The van der Waals surface area contributed by atoms with Gasteiger partial charge in [0.15, 0.2) is 0 Å². The minimum atomic E-state index is -0.445. The second kappa shape index (κ2) is 6.93. The van der Waals surface area contributed by atoms with Gasteiger partial charge < -0.3 is 10.1 Å². The first kappa shape index (κ1) is 15.1. The van der Waals surface area contributed by atoms with Crippen molar-refractivity contribution >= 4 is 23.2 Å². The van der Waals surface area contributed by atoms with Crippen LogP contribution in [0.5, 0.6) is 5.75 Å². The van der Waals surface area contributed by atoms with Crippen LogP contribution in [0, 0.1) is 5.82 Å². The number of rotatable bonds is 5. The molecule has 1 N–H and O–H groups in total. The molecule has 20 heavy (non-hydrogen) atoms. The molecule has 2 aromatic carbocycles. The van der Waals surface area contributed by atoms with E-state index < -0.39 is 5.82 Å². The third-order valence-electron chi connectivity index (χ3n) is 2.80. The maximum absolute atomic E-state index is 13.3. The Labute approximate surface area is 127 Å².